The van der Waals surface area contributed by atoms with E-state index in [1.807, 2.05) is 18.2 Å². The van der Waals surface area contributed by atoms with Gasteiger partial charge in [-0.2, -0.15) is 0 Å². The van der Waals surface area contributed by atoms with E-state index in [1.165, 1.54) is 89.9 Å². The Balaban J connectivity index is 3.61. The van der Waals surface area contributed by atoms with Gasteiger partial charge in [0, 0.05) is 12.8 Å². The molecule has 2 N–H and O–H groups in total. The van der Waals surface area contributed by atoms with Gasteiger partial charge in [-0.3, -0.25) is 9.59 Å². The van der Waals surface area contributed by atoms with Gasteiger partial charge in [-0.25, -0.2) is 0 Å². The molecule has 0 amide bonds. The second kappa shape index (κ2) is 38.4. The van der Waals surface area contributed by atoms with Gasteiger partial charge in [-0.1, -0.05) is 177 Å². The van der Waals surface area contributed by atoms with E-state index in [0.717, 1.165) is 44.9 Å². The summed E-state index contributed by atoms with van der Waals surface area (Å²) in [6.07, 6.45) is 46.0. The van der Waals surface area contributed by atoms with Crippen LogP contribution in [0.5, 0.6) is 0 Å². The molecule has 0 aromatic heterocycles. The monoisotopic (exact) mass is 687 g/mol. The third-order valence-corrected chi connectivity index (χ3v) is 8.37. The summed E-state index contributed by atoms with van der Waals surface area (Å²) in [6, 6.07) is 0. The third-order valence-electron chi connectivity index (χ3n) is 8.37. The highest BCUT2D eigenvalue weighted by Gasteiger charge is 2.12. The molecule has 6 heteroatoms. The summed E-state index contributed by atoms with van der Waals surface area (Å²) in [5.41, 5.74) is 0. The molecule has 0 saturated carbocycles. The zero-order valence-electron chi connectivity index (χ0n) is 31.5. The summed E-state index contributed by atoms with van der Waals surface area (Å²) < 4.78 is 10.2. The minimum absolute atomic E-state index is 0.153. The van der Waals surface area contributed by atoms with Gasteiger partial charge in [0.05, 0.1) is 6.10 Å². The molecular formula is C43H74O6. The number of allylic oxidation sites excluding steroid dienone is 9. The summed E-state index contributed by atoms with van der Waals surface area (Å²) in [4.78, 5) is 24.0. The Morgan fingerprint density at radius 3 is 1.39 bits per heavy atom. The van der Waals surface area contributed by atoms with E-state index in [4.69, 9.17) is 9.47 Å². The maximum Gasteiger partial charge on any atom is 0.305 e. The van der Waals surface area contributed by atoms with Crippen LogP contribution in [0.15, 0.2) is 60.8 Å². The van der Waals surface area contributed by atoms with Crippen LogP contribution in [-0.4, -0.2) is 47.6 Å². The van der Waals surface area contributed by atoms with Crippen LogP contribution in [0.2, 0.25) is 0 Å². The topological polar surface area (TPSA) is 93.1 Å². The minimum Gasteiger partial charge on any atom is -0.463 e. The number of hydrogen-bond acceptors (Lipinski definition) is 6. The van der Waals surface area contributed by atoms with E-state index in [0.29, 0.717) is 19.3 Å². The number of aliphatic hydroxyl groups excluding tert-OH is 2. The lowest BCUT2D eigenvalue weighted by Gasteiger charge is -2.12. The molecule has 2 atom stereocenters. The van der Waals surface area contributed by atoms with Gasteiger partial charge in [-0.05, 0) is 44.9 Å². The Bertz CT molecular complexity index is 887. The number of carbonyl (C=O) groups is 2. The van der Waals surface area contributed by atoms with Crippen LogP contribution >= 0.6 is 0 Å². The first-order chi connectivity index (χ1) is 24.0. The number of rotatable bonds is 35. The van der Waals surface area contributed by atoms with Crippen molar-refractivity contribution in [2.45, 2.75) is 187 Å². The van der Waals surface area contributed by atoms with Gasteiger partial charge in [0.2, 0.25) is 0 Å². The van der Waals surface area contributed by atoms with E-state index >= 15 is 0 Å². The Morgan fingerprint density at radius 1 is 0.510 bits per heavy atom. The number of aliphatic hydroxyl groups is 2. The fourth-order valence-corrected chi connectivity index (χ4v) is 5.35. The molecule has 0 aliphatic carbocycles. The summed E-state index contributed by atoms with van der Waals surface area (Å²) >= 11 is 0. The number of esters is 2. The molecule has 0 fully saturated rings. The van der Waals surface area contributed by atoms with Gasteiger partial charge >= 0.3 is 11.9 Å². The largest absolute Gasteiger partial charge is 0.463 e. The van der Waals surface area contributed by atoms with Gasteiger partial charge in [-0.15, -0.1) is 0 Å². The van der Waals surface area contributed by atoms with Crippen molar-refractivity contribution in [1.29, 1.82) is 0 Å². The normalized spacial score (nSPS) is 13.5. The fraction of sp³-hybridized carbons (Fsp3) is 0.721. The fourth-order valence-electron chi connectivity index (χ4n) is 5.35. The molecule has 6 nitrogen and oxygen atoms in total. The van der Waals surface area contributed by atoms with Crippen molar-refractivity contribution in [2.75, 3.05) is 13.2 Å². The van der Waals surface area contributed by atoms with E-state index in [-0.39, 0.29) is 25.6 Å². The molecule has 282 valence electrons. The maximum atomic E-state index is 12.0. The highest BCUT2D eigenvalue weighted by atomic mass is 16.6. The van der Waals surface area contributed by atoms with Gasteiger partial charge < -0.3 is 19.7 Å². The summed E-state index contributed by atoms with van der Waals surface area (Å²) in [7, 11) is 0. The number of unbranched alkanes of at least 4 members (excludes halogenated alkanes) is 16. The molecule has 0 heterocycles. The smallest absolute Gasteiger partial charge is 0.305 e. The van der Waals surface area contributed by atoms with Crippen molar-refractivity contribution in [1.82, 2.24) is 0 Å². The Labute approximate surface area is 301 Å². The second-order valence-electron chi connectivity index (χ2n) is 13.2. The van der Waals surface area contributed by atoms with Crippen LogP contribution in [0.3, 0.4) is 0 Å². The first-order valence-corrected chi connectivity index (χ1v) is 19.9. The lowest BCUT2D eigenvalue weighted by Crippen LogP contribution is -2.25. The van der Waals surface area contributed by atoms with E-state index < -0.39 is 18.2 Å². The van der Waals surface area contributed by atoms with E-state index in [1.54, 1.807) is 6.08 Å². The zero-order valence-corrected chi connectivity index (χ0v) is 31.5. The molecule has 0 aromatic carbocycles. The maximum absolute atomic E-state index is 12.0. The summed E-state index contributed by atoms with van der Waals surface area (Å²) in [6.45, 7) is 4.02. The zero-order chi connectivity index (χ0) is 35.9. The molecule has 49 heavy (non-hydrogen) atoms. The number of ether oxygens (including phenoxy) is 2. The molecule has 0 rings (SSSR count). The van der Waals surface area contributed by atoms with Gasteiger partial charge in [0.15, 0.2) is 0 Å². The molecule has 0 spiro atoms. The standard InChI is InChI=1S/C43H74O6/c1-3-5-7-9-11-13-15-17-18-19-20-22-24-26-28-30-32-36-42(46)48-38-41(45)39-49-43(47)37-33-35-40(44)34-31-29-27-25-23-21-16-14-12-10-8-6-4-2/h6,8,12,14,21,23,27,29,31,34,40-41,44-45H,3-5,7,9-11,13,15-20,22,24-26,28,30,32-33,35-39H2,1-2H3/b8-6-,14-12-,23-21-,29-27-,34-31+/t40?,41-/m1/s1. The predicted molar refractivity (Wildman–Crippen MR) is 206 cm³/mol. The quantitative estimate of drug-likeness (QED) is 0.0298. The molecule has 0 saturated heterocycles. The SMILES string of the molecule is CC/C=C\C/C=C\C/C=C\C/C=C\C=C\C(O)CCCC(=O)OC[C@H](O)COC(=O)CCCCCCCCCCCCCCCCCCC. The van der Waals surface area contributed by atoms with Crippen LogP contribution in [0.1, 0.15) is 174 Å². The third kappa shape index (κ3) is 38.2. The molecule has 0 aromatic rings. The molecular weight excluding hydrogens is 612 g/mol. The molecule has 0 aliphatic heterocycles. The molecule has 0 aliphatic rings. The van der Waals surface area contributed by atoms with Crippen LogP contribution in [0.4, 0.5) is 0 Å². The second-order valence-corrected chi connectivity index (χ2v) is 13.2. The number of hydrogen-bond donors (Lipinski definition) is 2. The Hall–Kier alpha value is -2.44. The van der Waals surface area contributed by atoms with Crippen LogP contribution < -0.4 is 0 Å². The van der Waals surface area contributed by atoms with Crippen LogP contribution in [-0.2, 0) is 19.1 Å². The van der Waals surface area contributed by atoms with Crippen molar-refractivity contribution in [3.63, 3.8) is 0 Å². The van der Waals surface area contributed by atoms with Crippen molar-refractivity contribution in [3.8, 4) is 0 Å². The summed E-state index contributed by atoms with van der Waals surface area (Å²) in [5.74, 6) is -0.761. The Kier molecular flexibility index (Phi) is 36.5. The van der Waals surface area contributed by atoms with Crippen molar-refractivity contribution >= 4 is 11.9 Å². The number of carbonyl (C=O) groups excluding carboxylic acids is 2. The highest BCUT2D eigenvalue weighted by molar-refractivity contribution is 5.69. The van der Waals surface area contributed by atoms with Gasteiger partial charge in [0.1, 0.15) is 19.3 Å². The first-order valence-electron chi connectivity index (χ1n) is 19.9. The average Bonchev–Trinajstić information content (AvgIpc) is 3.09. The minimum atomic E-state index is -1.04. The van der Waals surface area contributed by atoms with Crippen molar-refractivity contribution < 1.29 is 29.3 Å². The van der Waals surface area contributed by atoms with Crippen molar-refractivity contribution in [2.24, 2.45) is 0 Å². The summed E-state index contributed by atoms with van der Waals surface area (Å²) in [5, 5.41) is 20.1. The van der Waals surface area contributed by atoms with Gasteiger partial charge in [0.25, 0.3) is 0 Å². The lowest BCUT2D eigenvalue weighted by atomic mass is 10.0. The molecule has 0 radical (unpaired) electrons. The van der Waals surface area contributed by atoms with Crippen molar-refractivity contribution in [3.05, 3.63) is 60.8 Å². The average molecular weight is 687 g/mol. The molecule has 1 unspecified atom stereocenters. The van der Waals surface area contributed by atoms with E-state index in [9.17, 15) is 19.8 Å². The first kappa shape index (κ1) is 46.6. The Morgan fingerprint density at radius 2 is 0.918 bits per heavy atom. The van der Waals surface area contributed by atoms with Crippen LogP contribution in [0, 0.1) is 0 Å². The predicted octanol–water partition coefficient (Wildman–Crippen LogP) is 11.4. The van der Waals surface area contributed by atoms with Crippen LogP contribution in [0.25, 0.3) is 0 Å². The lowest BCUT2D eigenvalue weighted by molar-refractivity contribution is -0.152. The molecule has 0 bridgehead atoms. The highest BCUT2D eigenvalue weighted by Crippen LogP contribution is 2.14. The van der Waals surface area contributed by atoms with E-state index in [2.05, 4.69) is 50.3 Å².